The average Bonchev–Trinajstić information content (AvgIpc) is 2.36. The molecule has 0 unspecified atom stereocenters. The molecular formula is C16H18ClNO. The number of halogens is 1. The molecule has 0 aliphatic rings. The smallest absolute Gasteiger partial charge is 0.149 e. The molecular weight excluding hydrogens is 258 g/mol. The summed E-state index contributed by atoms with van der Waals surface area (Å²) < 4.78 is 5.84. The first-order chi connectivity index (χ1) is 9.10. The van der Waals surface area contributed by atoms with Gasteiger partial charge in [-0.1, -0.05) is 37.1 Å². The Labute approximate surface area is 119 Å². The van der Waals surface area contributed by atoms with Crippen molar-refractivity contribution in [1.82, 2.24) is 0 Å². The van der Waals surface area contributed by atoms with E-state index in [1.54, 1.807) is 6.07 Å². The third-order valence-corrected chi connectivity index (χ3v) is 3.21. The van der Waals surface area contributed by atoms with Crippen LogP contribution >= 0.6 is 11.6 Å². The maximum absolute atomic E-state index is 6.16. The van der Waals surface area contributed by atoms with E-state index >= 15 is 0 Å². The van der Waals surface area contributed by atoms with Gasteiger partial charge in [0.1, 0.15) is 11.5 Å². The van der Waals surface area contributed by atoms with Crippen LogP contribution in [0.1, 0.15) is 24.5 Å². The Bertz CT molecular complexity index is 540. The molecule has 19 heavy (non-hydrogen) atoms. The number of anilines is 1. The normalized spacial score (nSPS) is 10.5. The van der Waals surface area contributed by atoms with E-state index in [-0.39, 0.29) is 0 Å². The predicted octanol–water partition coefficient (Wildman–Crippen LogP) is 4.98. The van der Waals surface area contributed by atoms with Gasteiger partial charge in [0.2, 0.25) is 0 Å². The highest BCUT2D eigenvalue weighted by atomic mass is 35.5. The van der Waals surface area contributed by atoms with Gasteiger partial charge in [0, 0.05) is 5.69 Å². The number of ether oxygens (including phenoxy) is 1. The Morgan fingerprint density at radius 2 is 1.84 bits per heavy atom. The second-order valence-corrected chi connectivity index (χ2v) is 5.05. The summed E-state index contributed by atoms with van der Waals surface area (Å²) in [5.41, 5.74) is 8.63. The van der Waals surface area contributed by atoms with Crippen molar-refractivity contribution in [3.8, 4) is 11.5 Å². The zero-order valence-electron chi connectivity index (χ0n) is 11.2. The number of rotatable bonds is 4. The van der Waals surface area contributed by atoms with E-state index in [0.717, 1.165) is 24.2 Å². The Hall–Kier alpha value is -1.67. The van der Waals surface area contributed by atoms with Gasteiger partial charge in [0.05, 0.1) is 5.02 Å². The van der Waals surface area contributed by atoms with E-state index in [4.69, 9.17) is 22.1 Å². The zero-order chi connectivity index (χ0) is 13.8. The third-order valence-electron chi connectivity index (χ3n) is 2.93. The highest BCUT2D eigenvalue weighted by Crippen LogP contribution is 2.34. The second kappa shape index (κ2) is 5.98. The summed E-state index contributed by atoms with van der Waals surface area (Å²) in [7, 11) is 0. The highest BCUT2D eigenvalue weighted by molar-refractivity contribution is 6.32. The van der Waals surface area contributed by atoms with E-state index in [2.05, 4.69) is 19.1 Å². The van der Waals surface area contributed by atoms with Gasteiger partial charge in [-0.05, 0) is 48.7 Å². The predicted molar refractivity (Wildman–Crippen MR) is 81.1 cm³/mol. The van der Waals surface area contributed by atoms with E-state index in [0.29, 0.717) is 16.5 Å². The molecule has 0 fully saturated rings. The highest BCUT2D eigenvalue weighted by Gasteiger charge is 2.08. The van der Waals surface area contributed by atoms with Crippen LogP contribution in [0.4, 0.5) is 5.69 Å². The van der Waals surface area contributed by atoms with Crippen molar-refractivity contribution in [3.05, 3.63) is 52.5 Å². The Morgan fingerprint density at radius 3 is 2.42 bits per heavy atom. The van der Waals surface area contributed by atoms with Crippen LogP contribution in [0.15, 0.2) is 36.4 Å². The Kier molecular flexibility index (Phi) is 4.33. The summed E-state index contributed by atoms with van der Waals surface area (Å²) in [4.78, 5) is 0. The minimum atomic E-state index is 0.537. The van der Waals surface area contributed by atoms with Gasteiger partial charge in [-0.15, -0.1) is 0 Å². The quantitative estimate of drug-likeness (QED) is 0.799. The van der Waals surface area contributed by atoms with Crippen LogP contribution in [0.25, 0.3) is 0 Å². The number of benzene rings is 2. The summed E-state index contributed by atoms with van der Waals surface area (Å²) >= 11 is 6.16. The minimum Gasteiger partial charge on any atom is -0.456 e. The average molecular weight is 276 g/mol. The molecule has 0 radical (unpaired) electrons. The van der Waals surface area contributed by atoms with Crippen LogP contribution in [0.2, 0.25) is 5.02 Å². The summed E-state index contributed by atoms with van der Waals surface area (Å²) in [5.74, 6) is 1.45. The minimum absolute atomic E-state index is 0.537. The first kappa shape index (κ1) is 13.8. The van der Waals surface area contributed by atoms with Crippen LogP contribution in [0.3, 0.4) is 0 Å². The molecule has 0 atom stereocenters. The van der Waals surface area contributed by atoms with Crippen molar-refractivity contribution in [2.75, 3.05) is 5.73 Å². The fraction of sp³-hybridized carbons (Fsp3) is 0.250. The number of hydrogen-bond donors (Lipinski definition) is 1. The molecule has 0 aliphatic carbocycles. The molecule has 0 aromatic heterocycles. The fourth-order valence-corrected chi connectivity index (χ4v) is 2.33. The molecule has 2 rings (SSSR count). The van der Waals surface area contributed by atoms with Crippen molar-refractivity contribution in [1.29, 1.82) is 0 Å². The van der Waals surface area contributed by atoms with E-state index in [9.17, 15) is 0 Å². The summed E-state index contributed by atoms with van der Waals surface area (Å²) in [5, 5.41) is 0.537. The molecule has 2 aromatic rings. The summed E-state index contributed by atoms with van der Waals surface area (Å²) in [6.07, 6.45) is 2.23. The van der Waals surface area contributed by atoms with Crippen LogP contribution in [-0.2, 0) is 6.42 Å². The third kappa shape index (κ3) is 3.42. The number of hydrogen-bond acceptors (Lipinski definition) is 2. The van der Waals surface area contributed by atoms with Gasteiger partial charge in [0.15, 0.2) is 0 Å². The van der Waals surface area contributed by atoms with Crippen molar-refractivity contribution >= 4 is 17.3 Å². The molecule has 0 saturated heterocycles. The van der Waals surface area contributed by atoms with Crippen molar-refractivity contribution < 1.29 is 4.74 Å². The standard InChI is InChI=1S/C16H18ClNO/c1-3-4-12-5-7-14(8-6-12)19-16-11(2)9-13(18)10-15(16)17/h5-10H,3-4,18H2,1-2H3. The number of aryl methyl sites for hydroxylation is 2. The molecule has 0 spiro atoms. The van der Waals surface area contributed by atoms with Gasteiger partial charge in [-0.2, -0.15) is 0 Å². The van der Waals surface area contributed by atoms with Crippen molar-refractivity contribution in [2.24, 2.45) is 0 Å². The first-order valence-corrected chi connectivity index (χ1v) is 6.80. The van der Waals surface area contributed by atoms with E-state index in [1.165, 1.54) is 5.56 Å². The molecule has 0 saturated carbocycles. The molecule has 2 nitrogen and oxygen atoms in total. The second-order valence-electron chi connectivity index (χ2n) is 4.64. The summed E-state index contributed by atoms with van der Waals surface area (Å²) in [6, 6.07) is 11.7. The number of nitrogens with two attached hydrogens (primary N) is 1. The molecule has 100 valence electrons. The lowest BCUT2D eigenvalue weighted by Gasteiger charge is -2.12. The topological polar surface area (TPSA) is 35.2 Å². The van der Waals surface area contributed by atoms with Gasteiger partial charge in [0.25, 0.3) is 0 Å². The Morgan fingerprint density at radius 1 is 1.16 bits per heavy atom. The van der Waals surface area contributed by atoms with E-state index in [1.807, 2.05) is 25.1 Å². The monoisotopic (exact) mass is 275 g/mol. The molecule has 2 N–H and O–H groups in total. The van der Waals surface area contributed by atoms with Gasteiger partial charge < -0.3 is 10.5 Å². The molecule has 2 aromatic carbocycles. The van der Waals surface area contributed by atoms with Crippen molar-refractivity contribution in [3.63, 3.8) is 0 Å². The maximum atomic E-state index is 6.16. The zero-order valence-corrected chi connectivity index (χ0v) is 12.0. The molecule has 0 aliphatic heterocycles. The van der Waals surface area contributed by atoms with Crippen LogP contribution < -0.4 is 10.5 Å². The maximum Gasteiger partial charge on any atom is 0.149 e. The molecule has 0 amide bonds. The van der Waals surface area contributed by atoms with E-state index < -0.39 is 0 Å². The van der Waals surface area contributed by atoms with Crippen LogP contribution in [0, 0.1) is 6.92 Å². The van der Waals surface area contributed by atoms with Crippen molar-refractivity contribution in [2.45, 2.75) is 26.7 Å². The lowest BCUT2D eigenvalue weighted by Crippen LogP contribution is -1.92. The van der Waals surface area contributed by atoms with Gasteiger partial charge in [-0.3, -0.25) is 0 Å². The largest absolute Gasteiger partial charge is 0.456 e. The summed E-state index contributed by atoms with van der Waals surface area (Å²) in [6.45, 7) is 4.10. The fourth-order valence-electron chi connectivity index (χ4n) is 2.02. The van der Waals surface area contributed by atoms with Gasteiger partial charge in [-0.25, -0.2) is 0 Å². The molecule has 0 heterocycles. The van der Waals surface area contributed by atoms with Gasteiger partial charge >= 0.3 is 0 Å². The molecule has 0 bridgehead atoms. The first-order valence-electron chi connectivity index (χ1n) is 6.42. The SMILES string of the molecule is CCCc1ccc(Oc2c(C)cc(N)cc2Cl)cc1. The number of nitrogen functional groups attached to an aromatic ring is 1. The lowest BCUT2D eigenvalue weighted by molar-refractivity contribution is 0.479. The van der Waals surface area contributed by atoms with Crippen LogP contribution in [-0.4, -0.2) is 0 Å². The molecule has 3 heteroatoms. The Balaban J connectivity index is 2.21. The lowest BCUT2D eigenvalue weighted by atomic mass is 10.1. The van der Waals surface area contributed by atoms with Crippen LogP contribution in [0.5, 0.6) is 11.5 Å².